The Labute approximate surface area is 137 Å². The first-order valence-electron chi connectivity index (χ1n) is 7.10. The highest BCUT2D eigenvalue weighted by atomic mass is 79.9. The van der Waals surface area contributed by atoms with Gasteiger partial charge in [-0.1, -0.05) is 15.9 Å². The minimum atomic E-state index is -0.477. The highest BCUT2D eigenvalue weighted by Gasteiger charge is 2.15. The smallest absolute Gasteiger partial charge is 0.407 e. The van der Waals surface area contributed by atoms with Crippen molar-refractivity contribution < 1.29 is 13.9 Å². The average Bonchev–Trinajstić information content (AvgIpc) is 2.78. The van der Waals surface area contributed by atoms with Gasteiger partial charge in [-0.15, -0.1) is 0 Å². The number of hydrogen-bond acceptors (Lipinski definition) is 5. The molecule has 0 aliphatic rings. The second kappa shape index (κ2) is 7.00. The normalized spacial score (nSPS) is 11.5. The number of fused-ring (bicyclic) bond motifs is 1. The second-order valence-electron chi connectivity index (χ2n) is 5.84. The van der Waals surface area contributed by atoms with Crippen molar-refractivity contribution in [1.29, 1.82) is 0 Å². The van der Waals surface area contributed by atoms with Crippen molar-refractivity contribution in [1.82, 2.24) is 10.3 Å². The van der Waals surface area contributed by atoms with Gasteiger partial charge in [0.15, 0.2) is 5.58 Å². The second-order valence-corrected chi connectivity index (χ2v) is 6.76. The number of halogens is 1. The van der Waals surface area contributed by atoms with E-state index in [1.165, 1.54) is 0 Å². The first kappa shape index (κ1) is 16.6. The maximum atomic E-state index is 11.5. The SMILES string of the molecule is CC(C)(C)OC(=O)NCCCNc1nc2cc(Br)ccc2o1. The van der Waals surface area contributed by atoms with Crippen LogP contribution in [0, 0.1) is 0 Å². The summed E-state index contributed by atoms with van der Waals surface area (Å²) in [5.74, 6) is 0. The summed E-state index contributed by atoms with van der Waals surface area (Å²) in [6.07, 6.45) is 0.334. The molecule has 0 saturated carbocycles. The van der Waals surface area contributed by atoms with E-state index in [2.05, 4.69) is 31.5 Å². The van der Waals surface area contributed by atoms with Gasteiger partial charge in [-0.25, -0.2) is 4.79 Å². The number of hydrogen-bond donors (Lipinski definition) is 2. The molecule has 1 heterocycles. The molecule has 2 aromatic rings. The first-order valence-corrected chi connectivity index (χ1v) is 7.89. The molecule has 0 unspecified atom stereocenters. The van der Waals surface area contributed by atoms with Crippen LogP contribution in [0.3, 0.4) is 0 Å². The Hall–Kier alpha value is -1.76. The Morgan fingerprint density at radius 1 is 1.36 bits per heavy atom. The molecule has 120 valence electrons. The van der Waals surface area contributed by atoms with E-state index in [4.69, 9.17) is 9.15 Å². The number of nitrogens with zero attached hydrogens (tertiary/aromatic N) is 1. The summed E-state index contributed by atoms with van der Waals surface area (Å²) in [4.78, 5) is 15.8. The lowest BCUT2D eigenvalue weighted by Gasteiger charge is -2.19. The maximum absolute atomic E-state index is 11.5. The summed E-state index contributed by atoms with van der Waals surface area (Å²) >= 11 is 3.39. The number of anilines is 1. The van der Waals surface area contributed by atoms with E-state index < -0.39 is 11.7 Å². The van der Waals surface area contributed by atoms with Gasteiger partial charge in [-0.3, -0.25) is 0 Å². The van der Waals surface area contributed by atoms with Crippen LogP contribution in [0.1, 0.15) is 27.2 Å². The maximum Gasteiger partial charge on any atom is 0.407 e. The monoisotopic (exact) mass is 369 g/mol. The van der Waals surface area contributed by atoms with E-state index >= 15 is 0 Å². The van der Waals surface area contributed by atoms with E-state index in [0.717, 1.165) is 22.0 Å². The van der Waals surface area contributed by atoms with Crippen LogP contribution in [-0.2, 0) is 4.74 Å². The molecule has 22 heavy (non-hydrogen) atoms. The lowest BCUT2D eigenvalue weighted by atomic mass is 10.2. The van der Waals surface area contributed by atoms with Crippen molar-refractivity contribution in [3.05, 3.63) is 22.7 Å². The van der Waals surface area contributed by atoms with Crippen LogP contribution >= 0.6 is 15.9 Å². The summed E-state index contributed by atoms with van der Waals surface area (Å²) in [5, 5.41) is 5.79. The van der Waals surface area contributed by atoms with Crippen LogP contribution in [0.15, 0.2) is 27.1 Å². The van der Waals surface area contributed by atoms with E-state index in [1.54, 1.807) is 0 Å². The molecule has 0 aliphatic carbocycles. The number of ether oxygens (including phenoxy) is 1. The largest absolute Gasteiger partial charge is 0.444 e. The Kier molecular flexibility index (Phi) is 5.28. The van der Waals surface area contributed by atoms with Gasteiger partial charge in [0.1, 0.15) is 11.1 Å². The average molecular weight is 370 g/mol. The molecule has 6 nitrogen and oxygen atoms in total. The van der Waals surface area contributed by atoms with Crippen molar-refractivity contribution in [3.63, 3.8) is 0 Å². The molecule has 0 bridgehead atoms. The molecule has 0 saturated heterocycles. The quantitative estimate of drug-likeness (QED) is 0.781. The van der Waals surface area contributed by atoms with Gasteiger partial charge >= 0.3 is 6.09 Å². The summed E-state index contributed by atoms with van der Waals surface area (Å²) in [5.41, 5.74) is 1.05. The van der Waals surface area contributed by atoms with Crippen LogP contribution in [0.4, 0.5) is 10.8 Å². The fourth-order valence-corrected chi connectivity index (χ4v) is 2.11. The molecule has 0 fully saturated rings. The van der Waals surface area contributed by atoms with E-state index in [1.807, 2.05) is 39.0 Å². The molecule has 2 rings (SSSR count). The van der Waals surface area contributed by atoms with E-state index in [-0.39, 0.29) is 0 Å². The van der Waals surface area contributed by atoms with Crippen molar-refractivity contribution in [2.45, 2.75) is 32.8 Å². The molecule has 7 heteroatoms. The van der Waals surface area contributed by atoms with Crippen LogP contribution in [0.5, 0.6) is 0 Å². The minimum absolute atomic E-state index is 0.404. The molecular formula is C15H20BrN3O3. The molecule has 1 aromatic carbocycles. The van der Waals surface area contributed by atoms with Gasteiger partial charge in [0.05, 0.1) is 0 Å². The number of oxazole rings is 1. The lowest BCUT2D eigenvalue weighted by molar-refractivity contribution is 0.0528. The third-order valence-corrected chi connectivity index (χ3v) is 3.14. The van der Waals surface area contributed by atoms with E-state index in [9.17, 15) is 4.79 Å². The fourth-order valence-electron chi connectivity index (χ4n) is 1.76. The highest BCUT2D eigenvalue weighted by molar-refractivity contribution is 9.10. The fraction of sp³-hybridized carbons (Fsp3) is 0.467. The van der Waals surface area contributed by atoms with E-state index in [0.29, 0.717) is 19.1 Å². The number of aromatic nitrogens is 1. The minimum Gasteiger partial charge on any atom is -0.444 e. The standard InChI is InChI=1S/C15H20BrN3O3/c1-15(2,3)22-14(20)18-8-4-7-17-13-19-11-9-10(16)5-6-12(11)21-13/h5-6,9H,4,7-8H2,1-3H3,(H,17,19)(H,18,20). The summed E-state index contributed by atoms with van der Waals surface area (Å²) in [6, 6.07) is 6.14. The number of rotatable bonds is 5. The summed E-state index contributed by atoms with van der Waals surface area (Å²) < 4.78 is 11.7. The molecule has 1 amide bonds. The molecule has 0 spiro atoms. The predicted molar refractivity (Wildman–Crippen MR) is 89.1 cm³/mol. The van der Waals surface area contributed by atoms with Crippen molar-refractivity contribution in [2.75, 3.05) is 18.4 Å². The van der Waals surface area contributed by atoms with Crippen LogP contribution in [-0.4, -0.2) is 29.8 Å². The molecule has 1 aromatic heterocycles. The van der Waals surface area contributed by atoms with Gasteiger partial charge in [-0.2, -0.15) is 4.98 Å². The molecule has 0 aliphatic heterocycles. The number of amides is 1. The zero-order valence-electron chi connectivity index (χ0n) is 12.9. The number of carbonyl (C=O) groups excluding carboxylic acids is 1. The summed E-state index contributed by atoms with van der Waals surface area (Å²) in [6.45, 7) is 6.66. The highest BCUT2D eigenvalue weighted by Crippen LogP contribution is 2.22. The zero-order valence-corrected chi connectivity index (χ0v) is 14.5. The molecular weight excluding hydrogens is 350 g/mol. The number of carbonyl (C=O) groups is 1. The predicted octanol–water partition coefficient (Wildman–Crippen LogP) is 3.92. The van der Waals surface area contributed by atoms with Crippen LogP contribution in [0.25, 0.3) is 11.1 Å². The molecule has 2 N–H and O–H groups in total. The van der Waals surface area contributed by atoms with Crippen molar-refractivity contribution in [2.24, 2.45) is 0 Å². The third-order valence-electron chi connectivity index (χ3n) is 2.65. The Balaban J connectivity index is 1.71. The zero-order chi connectivity index (χ0) is 16.2. The van der Waals surface area contributed by atoms with Crippen LogP contribution in [0.2, 0.25) is 0 Å². The topological polar surface area (TPSA) is 76.4 Å². The van der Waals surface area contributed by atoms with Gasteiger partial charge < -0.3 is 19.8 Å². The summed E-state index contributed by atoms with van der Waals surface area (Å²) in [7, 11) is 0. The number of nitrogens with one attached hydrogen (secondary N) is 2. The Bertz CT molecular complexity index is 649. The lowest BCUT2D eigenvalue weighted by Crippen LogP contribution is -2.33. The van der Waals surface area contributed by atoms with Gasteiger partial charge in [0.25, 0.3) is 6.01 Å². The van der Waals surface area contributed by atoms with Crippen molar-refractivity contribution in [3.8, 4) is 0 Å². The Morgan fingerprint density at radius 2 is 2.14 bits per heavy atom. The Morgan fingerprint density at radius 3 is 2.86 bits per heavy atom. The van der Waals surface area contributed by atoms with Crippen molar-refractivity contribution >= 4 is 39.1 Å². The third kappa shape index (κ3) is 5.22. The first-order chi connectivity index (χ1) is 10.3. The molecule has 0 radical (unpaired) electrons. The van der Waals surface area contributed by atoms with Gasteiger partial charge in [0, 0.05) is 17.6 Å². The van der Waals surface area contributed by atoms with Gasteiger partial charge in [0.2, 0.25) is 0 Å². The number of benzene rings is 1. The number of alkyl carbamates (subject to hydrolysis) is 1. The van der Waals surface area contributed by atoms with Crippen LogP contribution < -0.4 is 10.6 Å². The molecule has 0 atom stereocenters. The van der Waals surface area contributed by atoms with Gasteiger partial charge in [-0.05, 0) is 45.4 Å².